The van der Waals surface area contributed by atoms with Gasteiger partial charge in [-0.3, -0.25) is 14.4 Å². The van der Waals surface area contributed by atoms with E-state index in [1.165, 1.54) is 13.8 Å². The fourth-order valence-electron chi connectivity index (χ4n) is 3.87. The summed E-state index contributed by atoms with van der Waals surface area (Å²) in [5.74, 6) is -2.22. The van der Waals surface area contributed by atoms with Crippen molar-refractivity contribution < 1.29 is 19.5 Å². The predicted octanol–water partition coefficient (Wildman–Crippen LogP) is 2.71. The predicted molar refractivity (Wildman–Crippen MR) is 80.8 cm³/mol. The Morgan fingerprint density at radius 2 is 1.81 bits per heavy atom. The van der Waals surface area contributed by atoms with Gasteiger partial charge in [-0.25, -0.2) is 0 Å². The Labute approximate surface area is 127 Å². The lowest BCUT2D eigenvalue weighted by Gasteiger charge is -2.44. The molecule has 4 atom stereocenters. The fourth-order valence-corrected chi connectivity index (χ4v) is 3.87. The van der Waals surface area contributed by atoms with E-state index in [9.17, 15) is 19.5 Å². The lowest BCUT2D eigenvalue weighted by molar-refractivity contribution is -0.156. The molecular formula is C17H28O4. The smallest absolute Gasteiger partial charge is 0.146 e. The molecule has 0 aliphatic heterocycles. The maximum absolute atomic E-state index is 12.2. The monoisotopic (exact) mass is 296 g/mol. The van der Waals surface area contributed by atoms with E-state index < -0.39 is 17.4 Å². The number of unbranched alkanes of at least 4 members (excludes halogenated alkanes) is 3. The largest absolute Gasteiger partial charge is 0.389 e. The van der Waals surface area contributed by atoms with Gasteiger partial charge < -0.3 is 5.11 Å². The van der Waals surface area contributed by atoms with Gasteiger partial charge >= 0.3 is 0 Å². The third kappa shape index (κ3) is 4.22. The van der Waals surface area contributed by atoms with Crippen LogP contribution in [-0.4, -0.2) is 28.1 Å². The number of hydrogen-bond donors (Lipinski definition) is 1. The van der Waals surface area contributed by atoms with E-state index in [1.807, 2.05) is 0 Å². The van der Waals surface area contributed by atoms with Crippen LogP contribution in [0, 0.1) is 17.8 Å². The number of carbonyl (C=O) groups excluding carboxylic acids is 3. The van der Waals surface area contributed by atoms with Crippen LogP contribution >= 0.6 is 0 Å². The summed E-state index contributed by atoms with van der Waals surface area (Å²) in [6.07, 6.45) is 4.66. The molecule has 4 nitrogen and oxygen atoms in total. The van der Waals surface area contributed by atoms with Crippen molar-refractivity contribution in [2.75, 3.05) is 0 Å². The number of Topliss-reactive ketones (excluding diaryl/α,β-unsaturated/α-hetero) is 3. The molecule has 0 amide bonds. The number of ketones is 3. The van der Waals surface area contributed by atoms with Gasteiger partial charge in [0.15, 0.2) is 0 Å². The third-order valence-electron chi connectivity index (χ3n) is 4.67. The first-order chi connectivity index (χ1) is 9.72. The minimum absolute atomic E-state index is 0.104. The standard InChI is InChI=1S/C17H28O4/c1-5-6-7-8-9-13-15(11(2)18)14(20)10-17(4,21)16(13)12(3)19/h13,15-16,21H,5-10H2,1-4H3/t13-,15+,16+,17+/m0/s1. The number of carbonyl (C=O) groups is 3. The van der Waals surface area contributed by atoms with Gasteiger partial charge in [0.2, 0.25) is 0 Å². The molecule has 0 saturated heterocycles. The van der Waals surface area contributed by atoms with Gasteiger partial charge in [0.25, 0.3) is 0 Å². The highest BCUT2D eigenvalue weighted by atomic mass is 16.3. The Morgan fingerprint density at radius 3 is 2.29 bits per heavy atom. The second kappa shape index (κ2) is 7.30. The van der Waals surface area contributed by atoms with E-state index in [2.05, 4.69) is 6.92 Å². The van der Waals surface area contributed by atoms with Crippen LogP contribution in [0.15, 0.2) is 0 Å². The highest BCUT2D eigenvalue weighted by molar-refractivity contribution is 6.04. The molecule has 1 aliphatic rings. The summed E-state index contributed by atoms with van der Waals surface area (Å²) in [7, 11) is 0. The SMILES string of the molecule is CCCCCC[C@H]1[C@@H](C(C)=O)C(=O)C[C@@](C)(O)[C@@H]1C(C)=O. The van der Waals surface area contributed by atoms with Crippen molar-refractivity contribution >= 4 is 17.3 Å². The molecule has 0 aromatic heterocycles. The second-order valence-corrected chi connectivity index (χ2v) is 6.69. The first-order valence-electron chi connectivity index (χ1n) is 7.98. The van der Waals surface area contributed by atoms with Crippen molar-refractivity contribution in [3.05, 3.63) is 0 Å². The Balaban J connectivity index is 3.00. The number of aliphatic hydroxyl groups is 1. The van der Waals surface area contributed by atoms with Gasteiger partial charge in [-0.2, -0.15) is 0 Å². The van der Waals surface area contributed by atoms with Gasteiger partial charge in [0.1, 0.15) is 17.3 Å². The molecule has 0 spiro atoms. The molecular weight excluding hydrogens is 268 g/mol. The average molecular weight is 296 g/mol. The average Bonchev–Trinajstić information content (AvgIpc) is 2.31. The van der Waals surface area contributed by atoms with Crippen molar-refractivity contribution in [3.63, 3.8) is 0 Å². The third-order valence-corrected chi connectivity index (χ3v) is 4.67. The fraction of sp³-hybridized carbons (Fsp3) is 0.824. The second-order valence-electron chi connectivity index (χ2n) is 6.69. The van der Waals surface area contributed by atoms with Gasteiger partial charge in [-0.1, -0.05) is 32.6 Å². The highest BCUT2D eigenvalue weighted by Crippen LogP contribution is 2.43. The van der Waals surface area contributed by atoms with E-state index in [0.29, 0.717) is 6.42 Å². The molecule has 0 bridgehead atoms. The van der Waals surface area contributed by atoms with E-state index >= 15 is 0 Å². The van der Waals surface area contributed by atoms with E-state index in [0.717, 1.165) is 25.7 Å². The highest BCUT2D eigenvalue weighted by Gasteiger charge is 2.52. The summed E-state index contributed by atoms with van der Waals surface area (Å²) < 4.78 is 0. The van der Waals surface area contributed by atoms with Crippen molar-refractivity contribution in [2.45, 2.75) is 71.8 Å². The van der Waals surface area contributed by atoms with E-state index in [1.54, 1.807) is 6.92 Å². The zero-order valence-electron chi connectivity index (χ0n) is 13.6. The molecule has 0 aromatic carbocycles. The number of hydrogen-bond acceptors (Lipinski definition) is 4. The van der Waals surface area contributed by atoms with Crippen molar-refractivity contribution in [2.24, 2.45) is 17.8 Å². The van der Waals surface area contributed by atoms with Crippen LogP contribution in [0.1, 0.15) is 66.2 Å². The van der Waals surface area contributed by atoms with E-state index in [4.69, 9.17) is 0 Å². The molecule has 0 aromatic rings. The Bertz CT molecular complexity index is 411. The maximum atomic E-state index is 12.2. The van der Waals surface area contributed by atoms with Crippen LogP contribution in [0.4, 0.5) is 0 Å². The molecule has 1 N–H and O–H groups in total. The van der Waals surface area contributed by atoms with Gasteiger partial charge in [0, 0.05) is 6.42 Å². The Kier molecular flexibility index (Phi) is 6.26. The van der Waals surface area contributed by atoms with Gasteiger partial charge in [-0.05, 0) is 33.1 Å². The van der Waals surface area contributed by atoms with Crippen LogP contribution in [0.2, 0.25) is 0 Å². The van der Waals surface area contributed by atoms with Crippen LogP contribution in [0.25, 0.3) is 0 Å². The van der Waals surface area contributed by atoms with Gasteiger partial charge in [0.05, 0.1) is 17.4 Å². The minimum Gasteiger partial charge on any atom is -0.389 e. The van der Waals surface area contributed by atoms with E-state index in [-0.39, 0.29) is 29.7 Å². The summed E-state index contributed by atoms with van der Waals surface area (Å²) in [6, 6.07) is 0. The normalized spacial score (nSPS) is 33.0. The molecule has 1 rings (SSSR count). The lowest BCUT2D eigenvalue weighted by Crippen LogP contribution is -2.55. The quantitative estimate of drug-likeness (QED) is 0.579. The van der Waals surface area contributed by atoms with Crippen LogP contribution < -0.4 is 0 Å². The first-order valence-corrected chi connectivity index (χ1v) is 7.98. The number of rotatable bonds is 7. The first kappa shape index (κ1) is 18.0. The summed E-state index contributed by atoms with van der Waals surface area (Å²) in [4.78, 5) is 36.1. The molecule has 120 valence electrons. The van der Waals surface area contributed by atoms with Crippen molar-refractivity contribution in [1.82, 2.24) is 0 Å². The Hall–Kier alpha value is -1.03. The summed E-state index contributed by atoms with van der Waals surface area (Å²) >= 11 is 0. The molecule has 0 heterocycles. The molecule has 1 aliphatic carbocycles. The molecule has 1 saturated carbocycles. The minimum atomic E-state index is -1.33. The zero-order chi connectivity index (χ0) is 16.2. The summed E-state index contributed by atoms with van der Waals surface area (Å²) in [6.45, 7) is 6.53. The molecule has 21 heavy (non-hydrogen) atoms. The van der Waals surface area contributed by atoms with Gasteiger partial charge in [-0.15, -0.1) is 0 Å². The van der Waals surface area contributed by atoms with Crippen molar-refractivity contribution in [3.8, 4) is 0 Å². The Morgan fingerprint density at radius 1 is 1.19 bits per heavy atom. The molecule has 1 fully saturated rings. The van der Waals surface area contributed by atoms with Crippen LogP contribution in [0.3, 0.4) is 0 Å². The molecule has 4 heteroatoms. The summed E-state index contributed by atoms with van der Waals surface area (Å²) in [5, 5.41) is 10.5. The lowest BCUT2D eigenvalue weighted by atomic mass is 9.60. The van der Waals surface area contributed by atoms with Crippen molar-refractivity contribution in [1.29, 1.82) is 0 Å². The molecule has 0 unspecified atom stereocenters. The van der Waals surface area contributed by atoms with Crippen LogP contribution in [-0.2, 0) is 14.4 Å². The maximum Gasteiger partial charge on any atom is 0.146 e. The topological polar surface area (TPSA) is 71.4 Å². The van der Waals surface area contributed by atoms with Crippen LogP contribution in [0.5, 0.6) is 0 Å². The molecule has 0 radical (unpaired) electrons. The summed E-state index contributed by atoms with van der Waals surface area (Å²) in [5.41, 5.74) is -1.33. The zero-order valence-corrected chi connectivity index (χ0v) is 13.6.